The number of rotatable bonds is 27. The molecule has 4 N–H and O–H groups in total. The van der Waals surface area contributed by atoms with Crippen molar-refractivity contribution in [2.45, 2.75) is 211 Å². The summed E-state index contributed by atoms with van der Waals surface area (Å²) in [5.74, 6) is -6.25. The summed E-state index contributed by atoms with van der Waals surface area (Å²) < 4.78 is 48.1. The van der Waals surface area contributed by atoms with Crippen molar-refractivity contribution in [1.29, 1.82) is 0 Å². The molecule has 3 aliphatic carbocycles. The highest BCUT2D eigenvalue weighted by Gasteiger charge is 2.77. The Kier molecular flexibility index (Phi) is 22.0. The molecule has 13 atom stereocenters. The molecule has 0 spiro atoms. The first-order valence-corrected chi connectivity index (χ1v) is 30.5. The van der Waals surface area contributed by atoms with E-state index in [0.29, 0.717) is 12.0 Å². The number of amides is 1. The molecule has 0 aromatic heterocycles. The average Bonchev–Trinajstić information content (AvgIpc) is 0.862. The van der Waals surface area contributed by atoms with Crippen LogP contribution in [0.25, 0.3) is 0 Å². The Bertz CT molecular complexity index is 2820. The fourth-order valence-electron chi connectivity index (χ4n) is 13.3. The van der Waals surface area contributed by atoms with E-state index in [4.69, 9.17) is 37.9 Å². The van der Waals surface area contributed by atoms with Crippen molar-refractivity contribution in [1.82, 2.24) is 5.32 Å². The summed E-state index contributed by atoms with van der Waals surface area (Å²) >= 11 is 0. The monoisotopic (exact) mass is 1180 g/mol. The van der Waals surface area contributed by atoms with Gasteiger partial charge in [-0.1, -0.05) is 151 Å². The molecule has 5 aliphatic rings. The molecule has 2 saturated heterocycles. The number of benzene rings is 3. The van der Waals surface area contributed by atoms with E-state index in [1.165, 1.54) is 64.5 Å². The molecule has 85 heavy (non-hydrogen) atoms. The lowest BCUT2D eigenvalue weighted by Gasteiger charge is -2.66. The molecule has 18 nitrogen and oxygen atoms in total. The van der Waals surface area contributed by atoms with E-state index in [1.807, 2.05) is 0 Å². The van der Waals surface area contributed by atoms with Crippen LogP contribution in [0.2, 0.25) is 0 Å². The minimum Gasteiger partial charge on any atom is -0.455 e. The fourth-order valence-corrected chi connectivity index (χ4v) is 13.3. The molecule has 18 heteroatoms. The molecular weight excluding hydrogens is 1090 g/mol. The van der Waals surface area contributed by atoms with Crippen LogP contribution in [0, 0.1) is 16.7 Å². The number of aliphatic hydroxyl groups is 3. The smallest absolute Gasteiger partial charge is 0.455 e. The Morgan fingerprint density at radius 2 is 1.36 bits per heavy atom. The lowest BCUT2D eigenvalue weighted by Crippen LogP contribution is -2.81. The number of aliphatic hydroxyl groups excluding tert-OH is 1. The van der Waals surface area contributed by atoms with Gasteiger partial charge in [-0.05, 0) is 93.3 Å². The zero-order valence-electron chi connectivity index (χ0n) is 50.1. The lowest BCUT2D eigenvalue weighted by atomic mass is 9.44. The van der Waals surface area contributed by atoms with Crippen LogP contribution in [0.15, 0.2) is 114 Å². The van der Waals surface area contributed by atoms with E-state index in [2.05, 4.69) is 24.4 Å². The highest BCUT2D eigenvalue weighted by Crippen LogP contribution is 2.63. The Labute approximate surface area is 499 Å². The molecular formula is C67H87NO17. The van der Waals surface area contributed by atoms with Crippen LogP contribution < -0.4 is 5.32 Å². The summed E-state index contributed by atoms with van der Waals surface area (Å²) in [6.45, 7) is 8.80. The van der Waals surface area contributed by atoms with Gasteiger partial charge >= 0.3 is 24.1 Å². The van der Waals surface area contributed by atoms with E-state index >= 15 is 9.59 Å². The van der Waals surface area contributed by atoms with Gasteiger partial charge < -0.3 is 58.5 Å². The van der Waals surface area contributed by atoms with Gasteiger partial charge in [-0.15, -0.1) is 0 Å². The first kappa shape index (κ1) is 64.7. The van der Waals surface area contributed by atoms with Crippen LogP contribution in [0.4, 0.5) is 4.79 Å². The normalized spacial score (nSPS) is 29.2. The van der Waals surface area contributed by atoms with Crippen molar-refractivity contribution in [3.05, 3.63) is 131 Å². The van der Waals surface area contributed by atoms with Gasteiger partial charge in [-0.2, -0.15) is 0 Å². The average molecular weight is 1180 g/mol. The second-order valence-corrected chi connectivity index (χ2v) is 24.3. The standard InChI is InChI=1S/C67H87NO17/c1-7-8-9-10-11-12-13-14-15-16-17-18-19-20-30-37-52-78-40-48(82-52)41-79-63(75)84-56(54(45-31-24-21-25-32-45)68-60(72)46-33-26-22-27-34-46)62(74)83-49-39-67(77)59(85-61(73)47-35-28-23-29-36-47)57-65(6,50(70)38-51-66(57,76)42-80-51)58(71)55(81-44(3)69)53(43(49)2)64(67,4)5/h14-15,21-29,31-36,48-52,54-57,59,70,76-77H,7-13,16-20,30,37-42H2,1-6H3,(H,68,72)/b15-14-/t48-,49+,50+,51-,52+,54+,55-,56-,57?,59+,65-,66+,67-/m1/s1. The third-order valence-electron chi connectivity index (χ3n) is 18.3. The predicted molar refractivity (Wildman–Crippen MR) is 312 cm³/mol. The number of carbonyl (C=O) groups excluding carboxylic acids is 6. The van der Waals surface area contributed by atoms with Crippen molar-refractivity contribution in [2.75, 3.05) is 19.8 Å². The van der Waals surface area contributed by atoms with Gasteiger partial charge in [0.25, 0.3) is 5.91 Å². The largest absolute Gasteiger partial charge is 0.509 e. The number of allylic oxidation sites excluding steroid dienone is 2. The second-order valence-electron chi connectivity index (χ2n) is 24.3. The molecule has 3 aromatic carbocycles. The zero-order chi connectivity index (χ0) is 60.9. The van der Waals surface area contributed by atoms with Crippen LogP contribution in [0.3, 0.4) is 0 Å². The Hall–Kier alpha value is -6.28. The maximum atomic E-state index is 15.6. The van der Waals surface area contributed by atoms with E-state index in [-0.39, 0.29) is 48.5 Å². The fraction of sp³-hybridized carbons (Fsp3) is 0.582. The molecule has 4 fully saturated rings. The summed E-state index contributed by atoms with van der Waals surface area (Å²) in [6.07, 6.45) is 7.30. The van der Waals surface area contributed by atoms with Crippen molar-refractivity contribution in [3.8, 4) is 0 Å². The highest BCUT2D eigenvalue weighted by atomic mass is 16.8. The molecule has 2 aliphatic heterocycles. The van der Waals surface area contributed by atoms with Crippen molar-refractivity contribution >= 4 is 35.8 Å². The number of hydrogen-bond acceptors (Lipinski definition) is 17. The third kappa shape index (κ3) is 14.6. The second kappa shape index (κ2) is 28.9. The lowest BCUT2D eigenvalue weighted by molar-refractivity contribution is -0.343. The number of unbranched alkanes of at least 4 members (excludes halogenated alkanes) is 11. The Morgan fingerprint density at radius 1 is 0.765 bits per heavy atom. The Balaban J connectivity index is 1.04. The van der Waals surface area contributed by atoms with Gasteiger partial charge in [0.05, 0.1) is 36.4 Å². The molecule has 1 unspecified atom stereocenters. The number of fused-ring (bicyclic) bond motifs is 5. The summed E-state index contributed by atoms with van der Waals surface area (Å²) in [4.78, 5) is 86.8. The van der Waals surface area contributed by atoms with Gasteiger partial charge in [0.1, 0.15) is 42.2 Å². The quantitative estimate of drug-likeness (QED) is 0.0240. The van der Waals surface area contributed by atoms with E-state index in [9.17, 15) is 34.5 Å². The summed E-state index contributed by atoms with van der Waals surface area (Å²) in [5, 5.41) is 41.6. The number of carbonyl (C=O) groups is 6. The minimum absolute atomic E-state index is 0.0333. The van der Waals surface area contributed by atoms with Crippen LogP contribution in [0.1, 0.15) is 177 Å². The SMILES string of the molecule is CCCCCCCC/C=C\CCCCCCC[C@H]1OC[C@H](COC(=O)O[C@@H](C(=O)O[C@H]2C[C@@]3(O)[C@@H](OC(=O)c4ccccc4)C4[C@]5(O)CO[C@@H]5C[C@H](O)[C@@]4(C)C(=O)[C@H](OC(C)=O)C(=C2C)C3(C)C)[C@@H](NC(=O)c2ccccc2)c2ccccc2)O1. The third-order valence-corrected chi connectivity index (χ3v) is 18.3. The highest BCUT2D eigenvalue weighted by molar-refractivity contribution is 5.96. The number of nitrogens with one attached hydrogen (secondary N) is 1. The van der Waals surface area contributed by atoms with Crippen molar-refractivity contribution in [2.24, 2.45) is 16.7 Å². The first-order valence-electron chi connectivity index (χ1n) is 30.5. The van der Waals surface area contributed by atoms with Crippen LogP contribution >= 0.6 is 0 Å². The van der Waals surface area contributed by atoms with Crippen molar-refractivity contribution < 1.29 is 82.0 Å². The topological polar surface area (TPSA) is 249 Å². The molecule has 3 aromatic rings. The number of hydrogen-bond donors (Lipinski definition) is 4. The number of ketones is 1. The number of esters is 3. The minimum atomic E-state index is -2.45. The zero-order valence-corrected chi connectivity index (χ0v) is 50.1. The predicted octanol–water partition coefficient (Wildman–Crippen LogP) is 10.1. The van der Waals surface area contributed by atoms with E-state index in [1.54, 1.807) is 92.7 Å². The van der Waals surface area contributed by atoms with Crippen LogP contribution in [-0.4, -0.2) is 131 Å². The van der Waals surface area contributed by atoms with Crippen molar-refractivity contribution in [3.63, 3.8) is 0 Å². The number of ether oxygens (including phenoxy) is 8. The molecule has 8 rings (SSSR count). The molecule has 2 heterocycles. The molecule has 0 radical (unpaired) electrons. The van der Waals surface area contributed by atoms with E-state index < -0.39 is 125 Å². The Morgan fingerprint density at radius 3 is 1.98 bits per heavy atom. The molecule has 2 saturated carbocycles. The molecule has 1 amide bonds. The van der Waals surface area contributed by atoms with Gasteiger partial charge in [-0.25, -0.2) is 14.4 Å². The van der Waals surface area contributed by atoms with Crippen LogP contribution in [0.5, 0.6) is 0 Å². The molecule has 462 valence electrons. The maximum Gasteiger partial charge on any atom is 0.509 e. The maximum absolute atomic E-state index is 15.6. The summed E-state index contributed by atoms with van der Waals surface area (Å²) in [6, 6.07) is 22.8. The number of Topliss-reactive ketones (excluding diaryl/α,β-unsaturated/α-hetero) is 1. The van der Waals surface area contributed by atoms with E-state index in [0.717, 1.165) is 51.9 Å². The summed E-state index contributed by atoms with van der Waals surface area (Å²) in [7, 11) is 0. The molecule has 2 bridgehead atoms. The van der Waals surface area contributed by atoms with Gasteiger partial charge in [0.15, 0.2) is 18.2 Å². The summed E-state index contributed by atoms with van der Waals surface area (Å²) in [5.41, 5.74) is -7.56. The van der Waals surface area contributed by atoms with Crippen LogP contribution in [-0.2, 0) is 52.3 Å². The van der Waals surface area contributed by atoms with Gasteiger partial charge in [0.2, 0.25) is 6.10 Å². The first-order chi connectivity index (χ1) is 40.7. The van der Waals surface area contributed by atoms with Gasteiger partial charge in [-0.3, -0.25) is 14.4 Å². The van der Waals surface area contributed by atoms with Gasteiger partial charge in [0, 0.05) is 36.7 Å².